The van der Waals surface area contributed by atoms with E-state index >= 15 is 0 Å². The van der Waals surface area contributed by atoms with Gasteiger partial charge in [-0.05, 0) is 50.9 Å². The molecule has 0 aliphatic carbocycles. The van der Waals surface area contributed by atoms with E-state index in [1.807, 2.05) is 0 Å². The monoisotopic (exact) mass is 299 g/mol. The third-order valence-electron chi connectivity index (χ3n) is 4.73. The first-order valence-corrected chi connectivity index (χ1v) is 7.81. The predicted molar refractivity (Wildman–Crippen MR) is 80.5 cm³/mol. The number of nitrogens with zero attached hydrogens (tertiary/aromatic N) is 1. The van der Waals surface area contributed by atoms with Crippen molar-refractivity contribution >= 4 is 11.6 Å². The lowest BCUT2D eigenvalue weighted by molar-refractivity contribution is -0.0311. The molecule has 1 aromatic rings. The van der Waals surface area contributed by atoms with E-state index in [4.69, 9.17) is 11.6 Å². The molecule has 112 valence electrons. The number of benzene rings is 1. The maximum Gasteiger partial charge on any atom is 0.130 e. The average Bonchev–Trinajstić information content (AvgIpc) is 2.95. The number of hydrogen-bond acceptors (Lipinski definition) is 2. The first kappa shape index (κ1) is 15.7. The van der Waals surface area contributed by atoms with E-state index in [2.05, 4.69) is 18.7 Å². The molecule has 0 radical (unpaired) electrons. The summed E-state index contributed by atoms with van der Waals surface area (Å²) in [7, 11) is 0. The highest BCUT2D eigenvalue weighted by Crippen LogP contribution is 2.40. The quantitative estimate of drug-likeness (QED) is 0.882. The highest BCUT2D eigenvalue weighted by atomic mass is 35.5. The number of aliphatic hydroxyl groups excluding tert-OH is 1. The first-order chi connectivity index (χ1) is 9.55. The molecule has 1 fully saturated rings. The van der Waals surface area contributed by atoms with Crippen LogP contribution in [0.5, 0.6) is 0 Å². The standard InChI is InChI=1S/C16H23ClFNO/c1-3-16(4-2,19-9-5-6-10-19)15(20)13-8-7-12(17)11-14(13)18/h7-8,11,15,20H,3-6,9-10H2,1-2H3. The average molecular weight is 300 g/mol. The molecule has 2 rings (SSSR count). The Labute approximate surface area is 125 Å². The zero-order valence-electron chi connectivity index (χ0n) is 12.2. The molecule has 20 heavy (non-hydrogen) atoms. The number of aliphatic hydroxyl groups is 1. The number of rotatable bonds is 5. The van der Waals surface area contributed by atoms with Crippen LogP contribution in [0.4, 0.5) is 4.39 Å². The number of hydrogen-bond donors (Lipinski definition) is 1. The molecular formula is C16H23ClFNO. The summed E-state index contributed by atoms with van der Waals surface area (Å²) in [6.07, 6.45) is 3.07. The molecule has 0 bridgehead atoms. The van der Waals surface area contributed by atoms with E-state index in [-0.39, 0.29) is 5.54 Å². The summed E-state index contributed by atoms with van der Waals surface area (Å²) in [6, 6.07) is 4.53. The lowest BCUT2D eigenvalue weighted by Crippen LogP contribution is -2.51. The second kappa shape index (κ2) is 6.42. The largest absolute Gasteiger partial charge is 0.386 e. The van der Waals surface area contributed by atoms with Crippen LogP contribution in [-0.4, -0.2) is 28.6 Å². The lowest BCUT2D eigenvalue weighted by atomic mass is 9.81. The van der Waals surface area contributed by atoms with Crippen LogP contribution in [0.2, 0.25) is 5.02 Å². The maximum atomic E-state index is 14.1. The zero-order chi connectivity index (χ0) is 14.8. The van der Waals surface area contributed by atoms with Crippen molar-refractivity contribution < 1.29 is 9.50 Å². The van der Waals surface area contributed by atoms with E-state index in [0.29, 0.717) is 10.6 Å². The van der Waals surface area contributed by atoms with Crippen molar-refractivity contribution in [3.8, 4) is 0 Å². The molecular weight excluding hydrogens is 277 g/mol. The van der Waals surface area contributed by atoms with Gasteiger partial charge in [-0.2, -0.15) is 0 Å². The van der Waals surface area contributed by atoms with Gasteiger partial charge in [0.05, 0.1) is 5.54 Å². The Hall–Kier alpha value is -0.640. The molecule has 1 saturated heterocycles. The fourth-order valence-electron chi connectivity index (χ4n) is 3.43. The summed E-state index contributed by atoms with van der Waals surface area (Å²) in [4.78, 5) is 2.33. The maximum absolute atomic E-state index is 14.1. The summed E-state index contributed by atoms with van der Waals surface area (Å²) in [5.41, 5.74) is -0.0319. The van der Waals surface area contributed by atoms with Gasteiger partial charge in [0.25, 0.3) is 0 Å². The van der Waals surface area contributed by atoms with Crippen molar-refractivity contribution in [2.75, 3.05) is 13.1 Å². The Morgan fingerprint density at radius 1 is 1.30 bits per heavy atom. The molecule has 1 aromatic carbocycles. The van der Waals surface area contributed by atoms with E-state index in [1.165, 1.54) is 6.07 Å². The molecule has 4 heteroatoms. The molecule has 2 nitrogen and oxygen atoms in total. The van der Waals surface area contributed by atoms with Gasteiger partial charge in [0.2, 0.25) is 0 Å². The molecule has 1 aliphatic heterocycles. The Balaban J connectivity index is 2.37. The topological polar surface area (TPSA) is 23.5 Å². The smallest absolute Gasteiger partial charge is 0.130 e. The van der Waals surface area contributed by atoms with Crippen LogP contribution < -0.4 is 0 Å². The fourth-order valence-corrected chi connectivity index (χ4v) is 3.59. The fraction of sp³-hybridized carbons (Fsp3) is 0.625. The van der Waals surface area contributed by atoms with E-state index in [0.717, 1.165) is 38.8 Å². The van der Waals surface area contributed by atoms with Crippen molar-refractivity contribution in [2.45, 2.75) is 51.2 Å². The lowest BCUT2D eigenvalue weighted by Gasteiger charge is -2.44. The summed E-state index contributed by atoms with van der Waals surface area (Å²) in [6.45, 7) is 6.10. The van der Waals surface area contributed by atoms with Crippen molar-refractivity contribution in [1.82, 2.24) is 4.90 Å². The molecule has 0 amide bonds. The van der Waals surface area contributed by atoms with Gasteiger partial charge < -0.3 is 5.11 Å². The molecule has 1 aliphatic rings. The predicted octanol–water partition coefficient (Wildman–Crippen LogP) is 4.17. The van der Waals surface area contributed by atoms with Gasteiger partial charge in [-0.3, -0.25) is 4.90 Å². The highest BCUT2D eigenvalue weighted by Gasteiger charge is 2.42. The van der Waals surface area contributed by atoms with Crippen LogP contribution in [-0.2, 0) is 0 Å². The molecule has 0 aromatic heterocycles. The molecule has 1 N–H and O–H groups in total. The van der Waals surface area contributed by atoms with Gasteiger partial charge in [0, 0.05) is 10.6 Å². The molecule has 0 spiro atoms. The number of halogens is 2. The first-order valence-electron chi connectivity index (χ1n) is 7.43. The molecule has 1 unspecified atom stereocenters. The van der Waals surface area contributed by atoms with Gasteiger partial charge >= 0.3 is 0 Å². The zero-order valence-corrected chi connectivity index (χ0v) is 13.0. The Morgan fingerprint density at radius 3 is 2.40 bits per heavy atom. The van der Waals surface area contributed by atoms with Crippen molar-refractivity contribution in [2.24, 2.45) is 0 Å². The van der Waals surface area contributed by atoms with E-state index < -0.39 is 11.9 Å². The van der Waals surface area contributed by atoms with E-state index in [9.17, 15) is 9.50 Å². The minimum absolute atomic E-state index is 0.352. The van der Waals surface area contributed by atoms with Crippen molar-refractivity contribution in [1.29, 1.82) is 0 Å². The molecule has 0 saturated carbocycles. The van der Waals surface area contributed by atoms with Gasteiger partial charge in [-0.25, -0.2) is 4.39 Å². The Kier molecular flexibility index (Phi) is 5.05. The Bertz CT molecular complexity index is 456. The SMILES string of the molecule is CCC(CC)(C(O)c1ccc(Cl)cc1F)N1CCCC1. The second-order valence-electron chi connectivity index (χ2n) is 5.57. The van der Waals surface area contributed by atoms with Crippen LogP contribution in [0.1, 0.15) is 51.2 Å². The van der Waals surface area contributed by atoms with Gasteiger partial charge in [0.15, 0.2) is 0 Å². The van der Waals surface area contributed by atoms with Gasteiger partial charge in [0.1, 0.15) is 11.9 Å². The highest BCUT2D eigenvalue weighted by molar-refractivity contribution is 6.30. The van der Waals surface area contributed by atoms with Crippen LogP contribution in [0, 0.1) is 5.82 Å². The summed E-state index contributed by atoms with van der Waals surface area (Å²) < 4.78 is 14.1. The van der Waals surface area contributed by atoms with Crippen molar-refractivity contribution in [3.63, 3.8) is 0 Å². The minimum atomic E-state index is -0.826. The molecule has 1 atom stereocenters. The third kappa shape index (κ3) is 2.72. The van der Waals surface area contributed by atoms with Gasteiger partial charge in [-0.15, -0.1) is 0 Å². The van der Waals surface area contributed by atoms with Gasteiger partial charge in [-0.1, -0.05) is 31.5 Å². The second-order valence-corrected chi connectivity index (χ2v) is 6.01. The minimum Gasteiger partial charge on any atom is -0.386 e. The van der Waals surface area contributed by atoms with E-state index in [1.54, 1.807) is 12.1 Å². The van der Waals surface area contributed by atoms with Crippen LogP contribution in [0.15, 0.2) is 18.2 Å². The third-order valence-corrected chi connectivity index (χ3v) is 4.96. The molecule has 1 heterocycles. The summed E-state index contributed by atoms with van der Waals surface area (Å²) >= 11 is 5.80. The Morgan fingerprint density at radius 2 is 1.90 bits per heavy atom. The van der Waals surface area contributed by atoms with Crippen molar-refractivity contribution in [3.05, 3.63) is 34.6 Å². The normalized spacial score (nSPS) is 18.4. The van der Waals surface area contributed by atoms with Crippen LogP contribution >= 0.6 is 11.6 Å². The summed E-state index contributed by atoms with van der Waals surface area (Å²) in [5.74, 6) is -0.421. The summed E-state index contributed by atoms with van der Waals surface area (Å²) in [5, 5.41) is 11.2. The van der Waals surface area contributed by atoms with Crippen LogP contribution in [0.25, 0.3) is 0 Å². The van der Waals surface area contributed by atoms with Crippen LogP contribution in [0.3, 0.4) is 0 Å². The number of likely N-dealkylation sites (tertiary alicyclic amines) is 1.